The van der Waals surface area contributed by atoms with Gasteiger partial charge in [0.2, 0.25) is 11.7 Å². The van der Waals surface area contributed by atoms with Crippen molar-refractivity contribution in [3.8, 4) is 5.88 Å². The molecule has 5 nitrogen and oxygen atoms in total. The van der Waals surface area contributed by atoms with Gasteiger partial charge in [-0.2, -0.15) is 13.2 Å². The summed E-state index contributed by atoms with van der Waals surface area (Å²) < 4.78 is 44.1. The maximum Gasteiger partial charge on any atom is 0.451 e. The summed E-state index contributed by atoms with van der Waals surface area (Å²) in [6.45, 7) is 2.48. The Labute approximate surface area is 149 Å². The number of hydrogen-bond donors (Lipinski definition) is 0. The summed E-state index contributed by atoms with van der Waals surface area (Å²) in [6.07, 6.45) is 1.40. The molecule has 2 aromatic heterocycles. The quantitative estimate of drug-likeness (QED) is 0.815. The summed E-state index contributed by atoms with van der Waals surface area (Å²) in [5, 5.41) is 0. The van der Waals surface area contributed by atoms with Crippen LogP contribution in [-0.2, 0) is 25.7 Å². The lowest BCUT2D eigenvalue weighted by Crippen LogP contribution is -2.31. The average molecular weight is 364 g/mol. The number of rotatable bonds is 5. The molecule has 2 aliphatic rings. The van der Waals surface area contributed by atoms with Crippen LogP contribution in [0.4, 0.5) is 13.2 Å². The van der Waals surface area contributed by atoms with Crippen LogP contribution in [-0.4, -0.2) is 33.0 Å². The van der Waals surface area contributed by atoms with Crippen LogP contribution in [0.15, 0.2) is 24.5 Å². The Hall–Kier alpha value is -2.22. The Morgan fingerprint density at radius 2 is 2.08 bits per heavy atom. The number of nitrogens with zero attached hydrogens (tertiary/aromatic N) is 4. The molecule has 0 bridgehead atoms. The standard InChI is InChI=1S/C18H19F3N4O/c19-18(20,21)17-23-8-14-10-25(7-5-15(14)24-17)9-13-2-1-6-22-16(13)26-11-12-3-4-12/h1-2,6,8,12H,3-5,7,9-11H2. The van der Waals surface area contributed by atoms with Gasteiger partial charge in [0.1, 0.15) is 0 Å². The van der Waals surface area contributed by atoms with Crippen LogP contribution in [0.25, 0.3) is 0 Å². The van der Waals surface area contributed by atoms with Crippen LogP contribution >= 0.6 is 0 Å². The molecule has 0 radical (unpaired) electrons. The normalized spacial score (nSPS) is 17.8. The SMILES string of the molecule is FC(F)(F)c1ncc2c(n1)CCN(Cc1cccnc1OCC1CC1)C2. The summed E-state index contributed by atoms with van der Waals surface area (Å²) in [4.78, 5) is 13.7. The van der Waals surface area contributed by atoms with Gasteiger partial charge in [0, 0.05) is 49.6 Å². The van der Waals surface area contributed by atoms with Crippen molar-refractivity contribution in [1.29, 1.82) is 0 Å². The molecule has 0 unspecified atom stereocenters. The van der Waals surface area contributed by atoms with Gasteiger partial charge in [0.05, 0.1) is 12.3 Å². The molecule has 8 heteroatoms. The predicted octanol–water partition coefficient (Wildman–Crippen LogP) is 3.24. The fourth-order valence-electron chi connectivity index (χ4n) is 3.04. The van der Waals surface area contributed by atoms with Crippen molar-refractivity contribution in [3.63, 3.8) is 0 Å². The van der Waals surface area contributed by atoms with Gasteiger partial charge in [-0.25, -0.2) is 15.0 Å². The molecule has 3 heterocycles. The third-order valence-electron chi connectivity index (χ3n) is 4.66. The highest BCUT2D eigenvalue weighted by Crippen LogP contribution is 2.31. The maximum absolute atomic E-state index is 12.7. The van der Waals surface area contributed by atoms with Crippen molar-refractivity contribution >= 4 is 0 Å². The lowest BCUT2D eigenvalue weighted by molar-refractivity contribution is -0.145. The second-order valence-corrected chi connectivity index (χ2v) is 6.85. The Morgan fingerprint density at radius 3 is 2.85 bits per heavy atom. The first-order valence-corrected chi connectivity index (χ1v) is 8.70. The third-order valence-corrected chi connectivity index (χ3v) is 4.66. The fourth-order valence-corrected chi connectivity index (χ4v) is 3.04. The number of hydrogen-bond acceptors (Lipinski definition) is 5. The molecule has 138 valence electrons. The number of halogens is 3. The highest BCUT2D eigenvalue weighted by molar-refractivity contribution is 5.27. The van der Waals surface area contributed by atoms with Gasteiger partial charge in [0.25, 0.3) is 0 Å². The van der Waals surface area contributed by atoms with Crippen LogP contribution in [0.2, 0.25) is 0 Å². The highest BCUT2D eigenvalue weighted by Gasteiger charge is 2.35. The fraction of sp³-hybridized carbons (Fsp3) is 0.500. The van der Waals surface area contributed by atoms with E-state index in [-0.39, 0.29) is 0 Å². The van der Waals surface area contributed by atoms with Crippen molar-refractivity contribution in [2.45, 2.75) is 38.5 Å². The molecular weight excluding hydrogens is 345 g/mol. The molecule has 1 aliphatic carbocycles. The third kappa shape index (κ3) is 3.95. The molecule has 0 saturated heterocycles. The Morgan fingerprint density at radius 1 is 1.23 bits per heavy atom. The van der Waals surface area contributed by atoms with Gasteiger partial charge in [-0.05, 0) is 24.8 Å². The largest absolute Gasteiger partial charge is 0.477 e. The van der Waals surface area contributed by atoms with E-state index in [2.05, 4.69) is 19.9 Å². The van der Waals surface area contributed by atoms with Crippen molar-refractivity contribution in [2.75, 3.05) is 13.2 Å². The van der Waals surface area contributed by atoms with Crippen molar-refractivity contribution < 1.29 is 17.9 Å². The van der Waals surface area contributed by atoms with Crippen LogP contribution in [0.3, 0.4) is 0 Å². The minimum atomic E-state index is -4.50. The molecule has 2 aromatic rings. The van der Waals surface area contributed by atoms with Gasteiger partial charge < -0.3 is 4.74 Å². The summed E-state index contributed by atoms with van der Waals surface area (Å²) in [5.41, 5.74) is 2.22. The highest BCUT2D eigenvalue weighted by atomic mass is 19.4. The van der Waals surface area contributed by atoms with E-state index in [4.69, 9.17) is 4.74 Å². The Balaban J connectivity index is 1.44. The van der Waals surface area contributed by atoms with Gasteiger partial charge in [-0.15, -0.1) is 0 Å². The molecule has 0 amide bonds. The van der Waals surface area contributed by atoms with E-state index in [0.717, 1.165) is 11.1 Å². The zero-order chi connectivity index (χ0) is 18.1. The van der Waals surface area contributed by atoms with Gasteiger partial charge in [-0.3, -0.25) is 4.90 Å². The van der Waals surface area contributed by atoms with E-state index in [1.807, 2.05) is 12.1 Å². The molecular formula is C18H19F3N4O. The lowest BCUT2D eigenvalue weighted by Gasteiger charge is -2.28. The molecule has 4 rings (SSSR count). The number of aromatic nitrogens is 3. The Kier molecular flexibility index (Phi) is 4.52. The summed E-state index contributed by atoms with van der Waals surface area (Å²) in [5.74, 6) is 0.230. The van der Waals surface area contributed by atoms with Crippen LogP contribution in [0.5, 0.6) is 5.88 Å². The topological polar surface area (TPSA) is 51.1 Å². The van der Waals surface area contributed by atoms with Gasteiger partial charge in [0.15, 0.2) is 0 Å². The minimum Gasteiger partial charge on any atom is -0.477 e. The number of ether oxygens (including phenoxy) is 1. The first-order valence-electron chi connectivity index (χ1n) is 8.70. The summed E-state index contributed by atoms with van der Waals surface area (Å²) in [6, 6.07) is 3.85. The molecule has 1 fully saturated rings. The van der Waals surface area contributed by atoms with E-state index < -0.39 is 12.0 Å². The zero-order valence-corrected chi connectivity index (χ0v) is 14.2. The van der Waals surface area contributed by atoms with Gasteiger partial charge >= 0.3 is 6.18 Å². The van der Waals surface area contributed by atoms with Crippen molar-refractivity contribution in [2.24, 2.45) is 5.92 Å². The monoisotopic (exact) mass is 364 g/mol. The van der Waals surface area contributed by atoms with E-state index in [1.54, 1.807) is 6.20 Å². The summed E-state index contributed by atoms with van der Waals surface area (Å²) >= 11 is 0. The minimum absolute atomic E-state index is 0.472. The number of alkyl halides is 3. The first-order chi connectivity index (χ1) is 12.5. The van der Waals surface area contributed by atoms with E-state index >= 15 is 0 Å². The van der Waals surface area contributed by atoms with Crippen LogP contribution in [0, 0.1) is 5.92 Å². The first kappa shape index (κ1) is 17.2. The van der Waals surface area contributed by atoms with Crippen molar-refractivity contribution in [1.82, 2.24) is 19.9 Å². The average Bonchev–Trinajstić information content (AvgIpc) is 3.44. The molecule has 0 atom stereocenters. The molecule has 26 heavy (non-hydrogen) atoms. The maximum atomic E-state index is 12.7. The number of pyridine rings is 1. The zero-order valence-electron chi connectivity index (χ0n) is 14.2. The van der Waals surface area contributed by atoms with E-state index in [1.165, 1.54) is 19.0 Å². The molecule has 0 aromatic carbocycles. The van der Waals surface area contributed by atoms with Crippen molar-refractivity contribution in [3.05, 3.63) is 47.2 Å². The molecule has 1 aliphatic heterocycles. The second kappa shape index (κ2) is 6.83. The molecule has 0 N–H and O–H groups in total. The number of fused-ring (bicyclic) bond motifs is 1. The summed E-state index contributed by atoms with van der Waals surface area (Å²) in [7, 11) is 0. The predicted molar refractivity (Wildman–Crippen MR) is 87.3 cm³/mol. The van der Waals surface area contributed by atoms with Crippen LogP contribution < -0.4 is 4.74 Å². The van der Waals surface area contributed by atoms with Crippen LogP contribution in [0.1, 0.15) is 35.5 Å². The second-order valence-electron chi connectivity index (χ2n) is 6.85. The molecule has 0 spiro atoms. The molecule has 1 saturated carbocycles. The smallest absolute Gasteiger partial charge is 0.451 e. The van der Waals surface area contributed by atoms with E-state index in [9.17, 15) is 13.2 Å². The van der Waals surface area contributed by atoms with E-state index in [0.29, 0.717) is 50.2 Å². The lowest BCUT2D eigenvalue weighted by atomic mass is 10.1. The van der Waals surface area contributed by atoms with Gasteiger partial charge in [-0.1, -0.05) is 6.07 Å². The Bertz CT molecular complexity index is 792.